The van der Waals surface area contributed by atoms with Gasteiger partial charge in [0.25, 0.3) is 0 Å². The van der Waals surface area contributed by atoms with Crippen LogP contribution in [0.2, 0.25) is 5.02 Å². The van der Waals surface area contributed by atoms with Crippen LogP contribution >= 0.6 is 11.6 Å². The van der Waals surface area contributed by atoms with Crippen LogP contribution < -0.4 is 11.1 Å². The summed E-state index contributed by atoms with van der Waals surface area (Å²) in [4.78, 5) is 15.9. The molecule has 1 aliphatic rings. The van der Waals surface area contributed by atoms with Crippen molar-refractivity contribution in [2.24, 2.45) is 5.73 Å². The first-order valence-corrected chi connectivity index (χ1v) is 5.70. The van der Waals surface area contributed by atoms with Gasteiger partial charge in [-0.2, -0.15) is 0 Å². The Bertz CT molecular complexity index is 402. The van der Waals surface area contributed by atoms with Gasteiger partial charge in [-0.15, -0.1) is 0 Å². The molecule has 1 saturated carbocycles. The lowest BCUT2D eigenvalue weighted by molar-refractivity contribution is -0.121. The van der Waals surface area contributed by atoms with Crippen molar-refractivity contribution in [3.63, 3.8) is 0 Å². The van der Waals surface area contributed by atoms with Crippen molar-refractivity contribution in [3.05, 3.63) is 23.4 Å². The van der Waals surface area contributed by atoms with Gasteiger partial charge in [0, 0.05) is 11.2 Å². The van der Waals surface area contributed by atoms with Gasteiger partial charge in [-0.3, -0.25) is 4.79 Å². The summed E-state index contributed by atoms with van der Waals surface area (Å²) in [5.74, 6) is 0.286. The molecule has 1 aromatic heterocycles. The first-order chi connectivity index (χ1) is 7.60. The number of nitrogens with zero attached hydrogens (tertiary/aromatic N) is 1. The van der Waals surface area contributed by atoms with Crippen LogP contribution in [-0.4, -0.2) is 16.4 Å². The topological polar surface area (TPSA) is 68.0 Å². The molecule has 0 aliphatic heterocycles. The van der Waals surface area contributed by atoms with Crippen molar-refractivity contribution in [1.29, 1.82) is 0 Å². The standard InChI is InChI=1S/C11H14ClN3O/c12-8-3-6-14-9(7-8)15-10(16)11(13)4-1-2-5-11/h3,6-7H,1-2,4-5,13H2,(H,14,15,16). The number of nitrogens with two attached hydrogens (primary N) is 1. The molecule has 1 fully saturated rings. The predicted molar refractivity (Wildman–Crippen MR) is 63.3 cm³/mol. The molecule has 1 amide bonds. The van der Waals surface area contributed by atoms with E-state index in [0.29, 0.717) is 10.8 Å². The van der Waals surface area contributed by atoms with Crippen LogP contribution in [-0.2, 0) is 4.79 Å². The Kier molecular flexibility index (Phi) is 3.12. The second-order valence-corrected chi connectivity index (χ2v) is 4.61. The number of carbonyl (C=O) groups excluding carboxylic acids is 1. The molecule has 0 atom stereocenters. The van der Waals surface area contributed by atoms with Crippen LogP contribution in [0.25, 0.3) is 0 Å². The SMILES string of the molecule is NC1(C(=O)Nc2cc(Cl)ccn2)CCCC1. The molecule has 1 aromatic rings. The van der Waals surface area contributed by atoms with Crippen LogP contribution in [0.5, 0.6) is 0 Å². The van der Waals surface area contributed by atoms with E-state index >= 15 is 0 Å². The van der Waals surface area contributed by atoms with Gasteiger partial charge in [0.1, 0.15) is 5.82 Å². The number of anilines is 1. The maximum absolute atomic E-state index is 11.9. The molecule has 16 heavy (non-hydrogen) atoms. The number of aromatic nitrogens is 1. The van der Waals surface area contributed by atoms with Crippen LogP contribution in [0, 0.1) is 0 Å². The van der Waals surface area contributed by atoms with Gasteiger partial charge in [0.05, 0.1) is 5.54 Å². The largest absolute Gasteiger partial charge is 0.317 e. The Morgan fingerprint density at radius 1 is 1.50 bits per heavy atom. The number of hydrogen-bond acceptors (Lipinski definition) is 3. The fraction of sp³-hybridized carbons (Fsp3) is 0.455. The van der Waals surface area contributed by atoms with E-state index in [2.05, 4.69) is 10.3 Å². The van der Waals surface area contributed by atoms with E-state index in [1.54, 1.807) is 18.3 Å². The van der Waals surface area contributed by atoms with E-state index in [1.807, 2.05) is 0 Å². The van der Waals surface area contributed by atoms with Crippen molar-refractivity contribution >= 4 is 23.3 Å². The van der Waals surface area contributed by atoms with Gasteiger partial charge in [-0.1, -0.05) is 24.4 Å². The summed E-state index contributed by atoms with van der Waals surface area (Å²) in [7, 11) is 0. The number of carbonyl (C=O) groups is 1. The lowest BCUT2D eigenvalue weighted by atomic mass is 9.98. The summed E-state index contributed by atoms with van der Waals surface area (Å²) in [6, 6.07) is 3.27. The second kappa shape index (κ2) is 4.39. The van der Waals surface area contributed by atoms with E-state index in [-0.39, 0.29) is 5.91 Å². The third-order valence-corrected chi connectivity index (χ3v) is 3.15. The lowest BCUT2D eigenvalue weighted by Gasteiger charge is -2.21. The molecular weight excluding hydrogens is 226 g/mol. The van der Waals surface area contributed by atoms with Gasteiger partial charge >= 0.3 is 0 Å². The normalized spacial score (nSPS) is 18.4. The summed E-state index contributed by atoms with van der Waals surface area (Å²) in [5.41, 5.74) is 5.28. The average molecular weight is 240 g/mol. The Hall–Kier alpha value is -1.13. The van der Waals surface area contributed by atoms with E-state index < -0.39 is 5.54 Å². The van der Waals surface area contributed by atoms with Gasteiger partial charge < -0.3 is 11.1 Å². The molecule has 0 spiro atoms. The summed E-state index contributed by atoms with van der Waals surface area (Å²) in [6.45, 7) is 0. The van der Waals surface area contributed by atoms with Crippen molar-refractivity contribution in [1.82, 2.24) is 4.98 Å². The highest BCUT2D eigenvalue weighted by molar-refractivity contribution is 6.30. The van der Waals surface area contributed by atoms with Crippen molar-refractivity contribution in [2.75, 3.05) is 5.32 Å². The molecule has 86 valence electrons. The van der Waals surface area contributed by atoms with Crippen molar-refractivity contribution < 1.29 is 4.79 Å². The number of rotatable bonds is 2. The smallest absolute Gasteiger partial charge is 0.245 e. The third kappa shape index (κ3) is 2.33. The number of amides is 1. The van der Waals surface area contributed by atoms with Crippen LogP contribution in [0.3, 0.4) is 0 Å². The first-order valence-electron chi connectivity index (χ1n) is 5.32. The van der Waals surface area contributed by atoms with Gasteiger partial charge in [0.15, 0.2) is 0 Å². The zero-order chi connectivity index (χ0) is 11.6. The van der Waals surface area contributed by atoms with Gasteiger partial charge in [0.2, 0.25) is 5.91 Å². The molecule has 4 nitrogen and oxygen atoms in total. The quantitative estimate of drug-likeness (QED) is 0.829. The molecule has 0 aromatic carbocycles. The summed E-state index contributed by atoms with van der Waals surface area (Å²) in [5, 5.41) is 3.25. The Balaban J connectivity index is 2.07. The van der Waals surface area contributed by atoms with E-state index in [0.717, 1.165) is 25.7 Å². The van der Waals surface area contributed by atoms with Gasteiger partial charge in [-0.25, -0.2) is 4.98 Å². The molecule has 0 unspecified atom stereocenters. The van der Waals surface area contributed by atoms with E-state index in [4.69, 9.17) is 17.3 Å². The fourth-order valence-corrected chi connectivity index (χ4v) is 2.11. The highest BCUT2D eigenvalue weighted by Crippen LogP contribution is 2.28. The van der Waals surface area contributed by atoms with E-state index in [1.165, 1.54) is 0 Å². The minimum absolute atomic E-state index is 0.167. The number of nitrogens with one attached hydrogen (secondary N) is 1. The second-order valence-electron chi connectivity index (χ2n) is 4.18. The Morgan fingerprint density at radius 3 is 2.81 bits per heavy atom. The molecule has 3 N–H and O–H groups in total. The monoisotopic (exact) mass is 239 g/mol. The minimum Gasteiger partial charge on any atom is -0.317 e. The van der Waals surface area contributed by atoms with Crippen LogP contribution in [0.1, 0.15) is 25.7 Å². The zero-order valence-electron chi connectivity index (χ0n) is 8.87. The van der Waals surface area contributed by atoms with Gasteiger partial charge in [-0.05, 0) is 25.0 Å². The summed E-state index contributed by atoms with van der Waals surface area (Å²) in [6.07, 6.45) is 5.04. The molecular formula is C11H14ClN3O. The average Bonchev–Trinajstić information content (AvgIpc) is 2.66. The Morgan fingerprint density at radius 2 is 2.19 bits per heavy atom. The molecule has 0 radical (unpaired) electrons. The molecule has 1 aliphatic carbocycles. The van der Waals surface area contributed by atoms with E-state index in [9.17, 15) is 4.79 Å². The Labute approximate surface area is 99.2 Å². The van der Waals surface area contributed by atoms with Crippen molar-refractivity contribution in [2.45, 2.75) is 31.2 Å². The highest BCUT2D eigenvalue weighted by Gasteiger charge is 2.37. The minimum atomic E-state index is -0.732. The molecule has 1 heterocycles. The fourth-order valence-electron chi connectivity index (χ4n) is 1.95. The first kappa shape index (κ1) is 11.4. The molecule has 0 saturated heterocycles. The number of halogens is 1. The van der Waals surface area contributed by atoms with Crippen LogP contribution in [0.4, 0.5) is 5.82 Å². The third-order valence-electron chi connectivity index (χ3n) is 2.91. The number of hydrogen-bond donors (Lipinski definition) is 2. The number of pyridine rings is 1. The molecule has 5 heteroatoms. The molecule has 2 rings (SSSR count). The maximum Gasteiger partial charge on any atom is 0.245 e. The maximum atomic E-state index is 11.9. The zero-order valence-corrected chi connectivity index (χ0v) is 9.63. The lowest BCUT2D eigenvalue weighted by Crippen LogP contribution is -2.48. The summed E-state index contributed by atoms with van der Waals surface area (Å²) >= 11 is 5.80. The summed E-state index contributed by atoms with van der Waals surface area (Å²) < 4.78 is 0. The van der Waals surface area contributed by atoms with Crippen molar-refractivity contribution in [3.8, 4) is 0 Å². The highest BCUT2D eigenvalue weighted by atomic mass is 35.5. The molecule has 0 bridgehead atoms. The predicted octanol–water partition coefficient (Wildman–Crippen LogP) is 1.94. The van der Waals surface area contributed by atoms with Crippen LogP contribution in [0.15, 0.2) is 18.3 Å².